The summed E-state index contributed by atoms with van der Waals surface area (Å²) in [6, 6.07) is 0. The predicted molar refractivity (Wildman–Crippen MR) is 88.4 cm³/mol. The normalized spacial score (nSPS) is 51.3. The van der Waals surface area contributed by atoms with Gasteiger partial charge in [-0.05, 0) is 87.9 Å². The van der Waals surface area contributed by atoms with E-state index in [-0.39, 0.29) is 16.9 Å². The van der Waals surface area contributed by atoms with Gasteiger partial charge in [0.05, 0.1) is 12.7 Å². The van der Waals surface area contributed by atoms with Crippen LogP contribution >= 0.6 is 0 Å². The molecule has 0 bridgehead atoms. The quantitative estimate of drug-likeness (QED) is 0.717. The first-order valence-corrected chi connectivity index (χ1v) is 9.51. The van der Waals surface area contributed by atoms with Crippen molar-refractivity contribution < 1.29 is 10.2 Å². The molecule has 3 saturated carbocycles. The van der Waals surface area contributed by atoms with Gasteiger partial charge in [0, 0.05) is 5.41 Å². The molecule has 0 radical (unpaired) electrons. The summed E-state index contributed by atoms with van der Waals surface area (Å²) >= 11 is 0. The van der Waals surface area contributed by atoms with Gasteiger partial charge in [0.2, 0.25) is 0 Å². The van der Waals surface area contributed by atoms with Crippen LogP contribution in [0.4, 0.5) is 0 Å². The maximum atomic E-state index is 10.5. The Kier molecular flexibility index (Phi) is 3.51. The fourth-order valence-corrected chi connectivity index (χ4v) is 7.22. The second-order valence-electron chi connectivity index (χ2n) is 8.98. The van der Waals surface area contributed by atoms with Crippen molar-refractivity contribution in [2.45, 2.75) is 77.7 Å². The summed E-state index contributed by atoms with van der Waals surface area (Å²) in [6.07, 6.45) is 10.7. The highest BCUT2D eigenvalue weighted by atomic mass is 16.3. The van der Waals surface area contributed by atoms with Crippen molar-refractivity contribution in [1.29, 1.82) is 0 Å². The Bertz CT molecular complexity index is 496. The topological polar surface area (TPSA) is 40.5 Å². The van der Waals surface area contributed by atoms with E-state index in [9.17, 15) is 10.2 Å². The molecule has 0 heterocycles. The summed E-state index contributed by atoms with van der Waals surface area (Å²) in [7, 11) is 0. The fourth-order valence-electron chi connectivity index (χ4n) is 7.22. The molecule has 22 heavy (non-hydrogen) atoms. The molecule has 4 rings (SSSR count). The third-order valence-electron chi connectivity index (χ3n) is 8.40. The molecule has 6 atom stereocenters. The number of aliphatic hydroxyl groups excluding tert-OH is 2. The van der Waals surface area contributed by atoms with Gasteiger partial charge in [-0.1, -0.05) is 18.1 Å². The van der Waals surface area contributed by atoms with E-state index < -0.39 is 0 Å². The fraction of sp³-hybridized carbons (Fsp3) is 0.900. The number of rotatable bonds is 1. The molecular formula is C20H32O2. The minimum Gasteiger partial charge on any atom is -0.395 e. The van der Waals surface area contributed by atoms with Crippen molar-refractivity contribution in [3.8, 4) is 0 Å². The summed E-state index contributed by atoms with van der Waals surface area (Å²) < 4.78 is 0. The van der Waals surface area contributed by atoms with Crippen LogP contribution in [0.1, 0.15) is 71.6 Å². The van der Waals surface area contributed by atoms with Crippen molar-refractivity contribution in [1.82, 2.24) is 0 Å². The number of hydrogen-bond acceptors (Lipinski definition) is 2. The maximum Gasteiger partial charge on any atom is 0.0596 e. The second-order valence-corrected chi connectivity index (χ2v) is 8.98. The molecule has 0 saturated heterocycles. The molecule has 4 aliphatic rings. The molecule has 2 nitrogen and oxygen atoms in total. The SMILES string of the molecule is CC1=C2CC[C@@H]3[C@H](CC[C@]4(C)[C@@H](O)CC[C@@H]34)[C@@]2(CO)CCC1. The molecule has 0 aromatic carbocycles. The Morgan fingerprint density at radius 2 is 1.86 bits per heavy atom. The molecule has 0 aliphatic heterocycles. The first-order chi connectivity index (χ1) is 10.5. The van der Waals surface area contributed by atoms with E-state index in [1.165, 1.54) is 44.9 Å². The Hall–Kier alpha value is -0.340. The Labute approximate surface area is 135 Å². The Morgan fingerprint density at radius 1 is 1.05 bits per heavy atom. The van der Waals surface area contributed by atoms with E-state index in [1.807, 2.05) is 0 Å². The van der Waals surface area contributed by atoms with Gasteiger partial charge in [0.25, 0.3) is 0 Å². The summed E-state index contributed by atoms with van der Waals surface area (Å²) in [6.45, 7) is 5.01. The average molecular weight is 304 g/mol. The first-order valence-electron chi connectivity index (χ1n) is 9.51. The minimum atomic E-state index is -0.0893. The van der Waals surface area contributed by atoms with Crippen molar-refractivity contribution in [3.63, 3.8) is 0 Å². The summed E-state index contributed by atoms with van der Waals surface area (Å²) in [5.74, 6) is 2.09. The lowest BCUT2D eigenvalue weighted by Crippen LogP contribution is -2.53. The van der Waals surface area contributed by atoms with Gasteiger partial charge >= 0.3 is 0 Å². The Morgan fingerprint density at radius 3 is 2.64 bits per heavy atom. The molecular weight excluding hydrogens is 272 g/mol. The van der Waals surface area contributed by atoms with Crippen LogP contribution in [-0.4, -0.2) is 22.9 Å². The lowest BCUT2D eigenvalue weighted by Gasteiger charge is -2.59. The van der Waals surface area contributed by atoms with Gasteiger partial charge in [-0.15, -0.1) is 0 Å². The smallest absolute Gasteiger partial charge is 0.0596 e. The highest BCUT2D eigenvalue weighted by molar-refractivity contribution is 5.29. The highest BCUT2D eigenvalue weighted by Gasteiger charge is 2.59. The van der Waals surface area contributed by atoms with E-state index in [0.717, 1.165) is 18.8 Å². The van der Waals surface area contributed by atoms with Crippen LogP contribution in [0.5, 0.6) is 0 Å². The number of hydrogen-bond donors (Lipinski definition) is 2. The summed E-state index contributed by atoms with van der Waals surface area (Å²) in [5, 5.41) is 20.9. The molecule has 124 valence electrons. The van der Waals surface area contributed by atoms with E-state index >= 15 is 0 Å². The van der Waals surface area contributed by atoms with Crippen LogP contribution in [0.3, 0.4) is 0 Å². The summed E-state index contributed by atoms with van der Waals surface area (Å²) in [4.78, 5) is 0. The number of aliphatic hydroxyl groups is 2. The largest absolute Gasteiger partial charge is 0.395 e. The lowest BCUT2D eigenvalue weighted by atomic mass is 9.46. The van der Waals surface area contributed by atoms with Gasteiger partial charge in [-0.2, -0.15) is 0 Å². The van der Waals surface area contributed by atoms with Crippen molar-refractivity contribution in [2.24, 2.45) is 28.6 Å². The van der Waals surface area contributed by atoms with Gasteiger partial charge < -0.3 is 10.2 Å². The first kappa shape index (κ1) is 15.2. The average Bonchev–Trinajstić information content (AvgIpc) is 2.83. The van der Waals surface area contributed by atoms with Crippen molar-refractivity contribution in [3.05, 3.63) is 11.1 Å². The van der Waals surface area contributed by atoms with E-state index in [0.29, 0.717) is 18.4 Å². The monoisotopic (exact) mass is 304 g/mol. The zero-order valence-electron chi connectivity index (χ0n) is 14.3. The van der Waals surface area contributed by atoms with Crippen LogP contribution < -0.4 is 0 Å². The molecule has 0 aromatic heterocycles. The molecule has 0 amide bonds. The van der Waals surface area contributed by atoms with E-state index in [2.05, 4.69) is 13.8 Å². The van der Waals surface area contributed by atoms with Gasteiger partial charge in [-0.25, -0.2) is 0 Å². The van der Waals surface area contributed by atoms with Crippen LogP contribution in [0.25, 0.3) is 0 Å². The highest BCUT2D eigenvalue weighted by Crippen LogP contribution is 2.65. The van der Waals surface area contributed by atoms with E-state index in [4.69, 9.17) is 0 Å². The molecule has 0 aromatic rings. The van der Waals surface area contributed by atoms with Gasteiger partial charge in [-0.3, -0.25) is 0 Å². The molecule has 3 fully saturated rings. The second kappa shape index (κ2) is 5.08. The molecule has 4 aliphatic carbocycles. The van der Waals surface area contributed by atoms with Crippen LogP contribution in [-0.2, 0) is 0 Å². The number of fused-ring (bicyclic) bond motifs is 5. The zero-order valence-corrected chi connectivity index (χ0v) is 14.3. The molecule has 2 N–H and O–H groups in total. The number of allylic oxidation sites excluding steroid dienone is 1. The van der Waals surface area contributed by atoms with Crippen LogP contribution in [0, 0.1) is 28.6 Å². The molecule has 0 spiro atoms. The predicted octanol–water partition coefficient (Wildman–Crippen LogP) is 4.06. The third kappa shape index (κ3) is 1.80. The standard InChI is InChI=1S/C20H32O2/c1-13-4-3-10-20(12-21)15(13)6-5-14-16-7-8-18(22)19(16,2)11-9-17(14)20/h14,16-18,21-22H,3-12H2,1-2H3/t14-,16-,17-,18-,19-,20+/m0/s1. The molecule has 0 unspecified atom stereocenters. The third-order valence-corrected chi connectivity index (χ3v) is 8.40. The van der Waals surface area contributed by atoms with Crippen LogP contribution in [0.2, 0.25) is 0 Å². The molecule has 2 heteroatoms. The van der Waals surface area contributed by atoms with Crippen LogP contribution in [0.15, 0.2) is 11.1 Å². The zero-order chi connectivity index (χ0) is 15.5. The summed E-state index contributed by atoms with van der Waals surface area (Å²) in [5.41, 5.74) is 3.46. The maximum absolute atomic E-state index is 10.5. The van der Waals surface area contributed by atoms with Gasteiger partial charge in [0.1, 0.15) is 0 Å². The van der Waals surface area contributed by atoms with E-state index in [1.54, 1.807) is 11.1 Å². The Balaban J connectivity index is 1.73. The minimum absolute atomic E-state index is 0.0893. The van der Waals surface area contributed by atoms with Crippen molar-refractivity contribution in [2.75, 3.05) is 6.61 Å². The van der Waals surface area contributed by atoms with Gasteiger partial charge in [0.15, 0.2) is 0 Å². The van der Waals surface area contributed by atoms with Crippen molar-refractivity contribution >= 4 is 0 Å². The lowest BCUT2D eigenvalue weighted by molar-refractivity contribution is -0.0909.